The highest BCUT2D eigenvalue weighted by molar-refractivity contribution is 5.92. The molecule has 24 heavy (non-hydrogen) atoms. The Hall–Kier alpha value is -2.34. The fourth-order valence-electron chi connectivity index (χ4n) is 2.94. The van der Waals surface area contributed by atoms with Crippen molar-refractivity contribution in [3.8, 4) is 0 Å². The third-order valence-electron chi connectivity index (χ3n) is 4.54. The van der Waals surface area contributed by atoms with E-state index in [9.17, 15) is 4.79 Å². The van der Waals surface area contributed by atoms with Crippen molar-refractivity contribution in [2.75, 3.05) is 43.4 Å². The molecule has 1 aromatic carbocycles. The first-order valence-electron chi connectivity index (χ1n) is 8.28. The third kappa shape index (κ3) is 3.76. The number of nitrogens with one attached hydrogen (secondary N) is 1. The Labute approximate surface area is 142 Å². The summed E-state index contributed by atoms with van der Waals surface area (Å²) in [5, 5.41) is 6.82. The number of nitrogens with zero attached hydrogens (tertiary/aromatic N) is 3. The Morgan fingerprint density at radius 3 is 2.42 bits per heavy atom. The molecule has 0 unspecified atom stereocenters. The maximum absolute atomic E-state index is 12.2. The average Bonchev–Trinajstić information content (AvgIpc) is 2.88. The summed E-state index contributed by atoms with van der Waals surface area (Å²) in [6.07, 6.45) is 0.279. The molecule has 0 saturated carbocycles. The molecule has 1 aromatic heterocycles. The molecular formula is C18H24N4O2. The van der Waals surface area contributed by atoms with Crippen molar-refractivity contribution in [1.29, 1.82) is 0 Å². The molecule has 3 rings (SSSR count). The molecule has 0 spiro atoms. The molecule has 0 atom stereocenters. The van der Waals surface area contributed by atoms with Gasteiger partial charge in [-0.05, 0) is 45.2 Å². The van der Waals surface area contributed by atoms with Crippen molar-refractivity contribution in [3.05, 3.63) is 41.3 Å². The second kappa shape index (κ2) is 7.05. The summed E-state index contributed by atoms with van der Waals surface area (Å²) < 4.78 is 5.10. The summed E-state index contributed by atoms with van der Waals surface area (Å²) in [5.41, 5.74) is 3.64. The van der Waals surface area contributed by atoms with Crippen LogP contribution in [0.5, 0.6) is 0 Å². The first kappa shape index (κ1) is 16.5. The standard InChI is InChI=1S/C18H24N4O2/c1-13-17(14(2)24-20-13)12-18(23)19-15-4-6-16(7-5-15)22-10-8-21(3)9-11-22/h4-7H,8-12H2,1-3H3,(H,19,23). The third-order valence-corrected chi connectivity index (χ3v) is 4.54. The Morgan fingerprint density at radius 2 is 1.83 bits per heavy atom. The van der Waals surface area contributed by atoms with Crippen molar-refractivity contribution >= 4 is 17.3 Å². The number of carbonyl (C=O) groups is 1. The van der Waals surface area contributed by atoms with E-state index in [0.717, 1.165) is 43.1 Å². The number of aromatic nitrogens is 1. The van der Waals surface area contributed by atoms with Gasteiger partial charge in [-0.15, -0.1) is 0 Å². The molecule has 2 aromatic rings. The average molecular weight is 328 g/mol. The molecule has 0 bridgehead atoms. The summed E-state index contributed by atoms with van der Waals surface area (Å²) in [7, 11) is 2.15. The number of amides is 1. The number of benzene rings is 1. The number of carbonyl (C=O) groups excluding carboxylic acids is 1. The molecule has 1 aliphatic heterocycles. The Morgan fingerprint density at radius 1 is 1.17 bits per heavy atom. The maximum atomic E-state index is 12.2. The van der Waals surface area contributed by atoms with E-state index in [4.69, 9.17) is 4.52 Å². The monoisotopic (exact) mass is 328 g/mol. The lowest BCUT2D eigenvalue weighted by atomic mass is 10.1. The minimum atomic E-state index is -0.0586. The molecule has 0 radical (unpaired) electrons. The van der Waals surface area contributed by atoms with Gasteiger partial charge in [-0.3, -0.25) is 4.79 Å². The van der Waals surface area contributed by atoms with Gasteiger partial charge in [-0.2, -0.15) is 0 Å². The van der Waals surface area contributed by atoms with Gasteiger partial charge < -0.3 is 19.6 Å². The molecule has 6 nitrogen and oxygen atoms in total. The lowest BCUT2D eigenvalue weighted by Gasteiger charge is -2.34. The minimum Gasteiger partial charge on any atom is -0.369 e. The van der Waals surface area contributed by atoms with Crippen molar-refractivity contribution in [2.24, 2.45) is 0 Å². The predicted molar refractivity (Wildman–Crippen MR) is 94.5 cm³/mol. The van der Waals surface area contributed by atoms with Gasteiger partial charge in [0.25, 0.3) is 0 Å². The van der Waals surface area contributed by atoms with E-state index in [2.05, 4.69) is 39.5 Å². The zero-order valence-electron chi connectivity index (χ0n) is 14.5. The van der Waals surface area contributed by atoms with Gasteiger partial charge >= 0.3 is 0 Å². The molecule has 1 aliphatic rings. The van der Waals surface area contributed by atoms with E-state index < -0.39 is 0 Å². The molecule has 2 heterocycles. The van der Waals surface area contributed by atoms with E-state index >= 15 is 0 Å². The summed E-state index contributed by atoms with van der Waals surface area (Å²) in [5.74, 6) is 0.643. The van der Waals surface area contributed by atoms with Crippen LogP contribution < -0.4 is 10.2 Å². The summed E-state index contributed by atoms with van der Waals surface area (Å²) in [6, 6.07) is 8.05. The zero-order valence-corrected chi connectivity index (χ0v) is 14.5. The molecule has 1 fully saturated rings. The first-order chi connectivity index (χ1) is 11.5. The lowest BCUT2D eigenvalue weighted by molar-refractivity contribution is -0.115. The Bertz CT molecular complexity index is 681. The molecular weight excluding hydrogens is 304 g/mol. The van der Waals surface area contributed by atoms with Crippen LogP contribution in [-0.2, 0) is 11.2 Å². The van der Waals surface area contributed by atoms with Gasteiger partial charge in [-0.25, -0.2) is 0 Å². The maximum Gasteiger partial charge on any atom is 0.228 e. The van der Waals surface area contributed by atoms with Crippen molar-refractivity contribution in [3.63, 3.8) is 0 Å². The summed E-state index contributed by atoms with van der Waals surface area (Å²) in [4.78, 5) is 16.9. The normalized spacial score (nSPS) is 15.5. The number of hydrogen-bond donors (Lipinski definition) is 1. The number of anilines is 2. The lowest BCUT2D eigenvalue weighted by Crippen LogP contribution is -2.44. The molecule has 1 amide bonds. The fourth-order valence-corrected chi connectivity index (χ4v) is 2.94. The van der Waals surface area contributed by atoms with E-state index in [1.165, 1.54) is 5.69 Å². The van der Waals surface area contributed by atoms with Crippen LogP contribution in [0.1, 0.15) is 17.0 Å². The van der Waals surface area contributed by atoms with Crippen molar-refractivity contribution < 1.29 is 9.32 Å². The van der Waals surface area contributed by atoms with Crippen molar-refractivity contribution in [1.82, 2.24) is 10.1 Å². The van der Waals surface area contributed by atoms with Crippen LogP contribution in [0.15, 0.2) is 28.8 Å². The highest BCUT2D eigenvalue weighted by Crippen LogP contribution is 2.20. The first-order valence-corrected chi connectivity index (χ1v) is 8.28. The predicted octanol–water partition coefficient (Wildman–Crippen LogP) is 2.22. The van der Waals surface area contributed by atoms with E-state index in [0.29, 0.717) is 5.76 Å². The van der Waals surface area contributed by atoms with Gasteiger partial charge in [0.2, 0.25) is 5.91 Å². The number of piperazine rings is 1. The van der Waals surface area contributed by atoms with Gasteiger partial charge in [-0.1, -0.05) is 5.16 Å². The molecule has 6 heteroatoms. The molecule has 1 saturated heterocycles. The van der Waals surface area contributed by atoms with Crippen LogP contribution in [0.2, 0.25) is 0 Å². The molecule has 0 aliphatic carbocycles. The quantitative estimate of drug-likeness (QED) is 0.932. The second-order valence-electron chi connectivity index (χ2n) is 6.36. The van der Waals surface area contributed by atoms with Gasteiger partial charge in [0.15, 0.2) is 0 Å². The highest BCUT2D eigenvalue weighted by Gasteiger charge is 2.15. The largest absolute Gasteiger partial charge is 0.369 e. The smallest absolute Gasteiger partial charge is 0.228 e. The number of hydrogen-bond acceptors (Lipinski definition) is 5. The number of rotatable bonds is 4. The number of aryl methyl sites for hydroxylation is 2. The Balaban J connectivity index is 1.59. The molecule has 1 N–H and O–H groups in total. The van der Waals surface area contributed by atoms with Crippen LogP contribution in [0.3, 0.4) is 0 Å². The summed E-state index contributed by atoms with van der Waals surface area (Å²) in [6.45, 7) is 7.91. The van der Waals surface area contributed by atoms with Crippen LogP contribution in [0.4, 0.5) is 11.4 Å². The van der Waals surface area contributed by atoms with E-state index in [-0.39, 0.29) is 12.3 Å². The minimum absolute atomic E-state index is 0.0586. The van der Waals surface area contributed by atoms with Gasteiger partial charge in [0.05, 0.1) is 12.1 Å². The molecule has 128 valence electrons. The van der Waals surface area contributed by atoms with Crippen LogP contribution >= 0.6 is 0 Å². The summed E-state index contributed by atoms with van der Waals surface area (Å²) >= 11 is 0. The van der Waals surface area contributed by atoms with Crippen LogP contribution in [0, 0.1) is 13.8 Å². The fraction of sp³-hybridized carbons (Fsp3) is 0.444. The van der Waals surface area contributed by atoms with Crippen molar-refractivity contribution in [2.45, 2.75) is 20.3 Å². The van der Waals surface area contributed by atoms with Crippen LogP contribution in [-0.4, -0.2) is 49.2 Å². The zero-order chi connectivity index (χ0) is 17.1. The van der Waals surface area contributed by atoms with Gasteiger partial charge in [0, 0.05) is 43.1 Å². The topological polar surface area (TPSA) is 61.6 Å². The Kier molecular flexibility index (Phi) is 4.85. The van der Waals surface area contributed by atoms with Gasteiger partial charge in [0.1, 0.15) is 5.76 Å². The second-order valence-corrected chi connectivity index (χ2v) is 6.36. The van der Waals surface area contributed by atoms with Crippen LogP contribution in [0.25, 0.3) is 0 Å². The number of likely N-dealkylation sites (N-methyl/N-ethyl adjacent to an activating group) is 1. The highest BCUT2D eigenvalue weighted by atomic mass is 16.5. The van der Waals surface area contributed by atoms with E-state index in [1.54, 1.807) is 0 Å². The van der Waals surface area contributed by atoms with E-state index in [1.807, 2.05) is 26.0 Å². The SMILES string of the molecule is Cc1noc(C)c1CC(=O)Nc1ccc(N2CCN(C)CC2)cc1.